The number of rotatable bonds is 8. The molecule has 170 valence electrons. The summed E-state index contributed by atoms with van der Waals surface area (Å²) in [7, 11) is 0. The Morgan fingerprint density at radius 1 is 1.22 bits per heavy atom. The van der Waals surface area contributed by atoms with Gasteiger partial charge in [-0.1, -0.05) is 43.3 Å². The van der Waals surface area contributed by atoms with E-state index in [1.54, 1.807) is 18.0 Å². The quantitative estimate of drug-likeness (QED) is 0.312. The van der Waals surface area contributed by atoms with Gasteiger partial charge in [-0.3, -0.25) is 4.79 Å². The highest BCUT2D eigenvalue weighted by atomic mass is 19.4. The summed E-state index contributed by atoms with van der Waals surface area (Å²) >= 11 is 0. The fourth-order valence-electron chi connectivity index (χ4n) is 4.41. The zero-order valence-electron chi connectivity index (χ0n) is 17.4. The number of hydrazine groups is 1. The number of nitrogens with one attached hydrogen (secondary N) is 2. The molecule has 0 saturated carbocycles. The lowest BCUT2D eigenvalue weighted by Gasteiger charge is -2.22. The van der Waals surface area contributed by atoms with Gasteiger partial charge >= 0.3 is 12.1 Å². The van der Waals surface area contributed by atoms with Gasteiger partial charge in [-0.05, 0) is 42.0 Å². The van der Waals surface area contributed by atoms with Crippen LogP contribution in [0.2, 0.25) is 0 Å². The van der Waals surface area contributed by atoms with E-state index in [2.05, 4.69) is 10.4 Å². The smallest absolute Gasteiger partial charge is 0.416 e. The molecule has 6 nitrogen and oxygen atoms in total. The average molecular weight is 446 g/mol. The van der Waals surface area contributed by atoms with Crippen LogP contribution in [0, 0.1) is 0 Å². The molecule has 0 amide bonds. The molecule has 0 spiro atoms. The van der Waals surface area contributed by atoms with Crippen LogP contribution < -0.4 is 11.2 Å². The van der Waals surface area contributed by atoms with Crippen molar-refractivity contribution in [3.05, 3.63) is 71.4 Å². The number of carbonyl (C=O) groups is 1. The van der Waals surface area contributed by atoms with E-state index in [1.807, 2.05) is 30.5 Å². The molecular formula is C23H25F3N4O2. The Labute approximate surface area is 183 Å². The fourth-order valence-corrected chi connectivity index (χ4v) is 4.41. The van der Waals surface area contributed by atoms with Crippen molar-refractivity contribution < 1.29 is 23.1 Å². The predicted molar refractivity (Wildman–Crippen MR) is 115 cm³/mol. The Bertz CT molecular complexity index is 1110. The Hall–Kier alpha value is -2.88. The van der Waals surface area contributed by atoms with Gasteiger partial charge in [0.1, 0.15) is 6.04 Å². The molecule has 1 aliphatic heterocycles. The zero-order valence-corrected chi connectivity index (χ0v) is 17.4. The maximum atomic E-state index is 13.3. The third kappa shape index (κ3) is 4.50. The van der Waals surface area contributed by atoms with Gasteiger partial charge in [0.05, 0.1) is 17.8 Å². The lowest BCUT2D eigenvalue weighted by molar-refractivity contribution is -0.139. The van der Waals surface area contributed by atoms with E-state index >= 15 is 0 Å². The number of aromatic amines is 1. The molecule has 9 heteroatoms. The molecule has 3 aromatic rings. The predicted octanol–water partition coefficient (Wildman–Crippen LogP) is 3.85. The second kappa shape index (κ2) is 8.57. The molecule has 2 heterocycles. The number of alkyl halides is 3. The van der Waals surface area contributed by atoms with Crippen LogP contribution in [0.4, 0.5) is 13.2 Å². The monoisotopic (exact) mass is 446 g/mol. The maximum Gasteiger partial charge on any atom is 0.416 e. The number of aromatic nitrogens is 1. The van der Waals surface area contributed by atoms with Crippen LogP contribution in [-0.2, 0) is 17.4 Å². The molecule has 0 aliphatic carbocycles. The first kappa shape index (κ1) is 22.3. The number of benzene rings is 2. The first-order valence-corrected chi connectivity index (χ1v) is 10.4. The van der Waals surface area contributed by atoms with Gasteiger partial charge in [0.15, 0.2) is 0 Å². The van der Waals surface area contributed by atoms with E-state index in [-0.39, 0.29) is 18.0 Å². The second-order valence-corrected chi connectivity index (χ2v) is 8.28. The van der Waals surface area contributed by atoms with Gasteiger partial charge in [-0.15, -0.1) is 0 Å². The van der Waals surface area contributed by atoms with Crippen LogP contribution in [-0.4, -0.2) is 39.3 Å². The molecule has 0 bridgehead atoms. The normalized spacial score (nSPS) is 22.6. The number of carboxylic acids is 1. The number of aliphatic carboxylic acids is 1. The first-order chi connectivity index (χ1) is 15.2. The van der Waals surface area contributed by atoms with Crippen molar-refractivity contribution in [2.75, 3.05) is 0 Å². The van der Waals surface area contributed by atoms with Gasteiger partial charge in [0, 0.05) is 17.1 Å². The highest BCUT2D eigenvalue weighted by Crippen LogP contribution is 2.37. The SMILES string of the molecule is CC(CC(N)NN1[C@H](Cc2c[nH]c3ccccc23)[C@@H]1C(=O)O)c1ccccc1C(F)(F)F. The Balaban J connectivity index is 1.42. The van der Waals surface area contributed by atoms with E-state index < -0.39 is 35.8 Å². The molecule has 3 unspecified atom stereocenters. The van der Waals surface area contributed by atoms with Gasteiger partial charge in [0.25, 0.3) is 0 Å². The van der Waals surface area contributed by atoms with Gasteiger partial charge in [-0.25, -0.2) is 10.4 Å². The Morgan fingerprint density at radius 2 is 1.91 bits per heavy atom. The third-order valence-corrected chi connectivity index (χ3v) is 6.01. The standard InChI is InChI=1S/C23H25F3N4O2/c1-13(15-6-2-4-8-17(15)23(24,25)26)10-20(27)29-30-19(21(30)22(31)32)11-14-12-28-18-9-5-3-7-16(14)18/h2-9,12-13,19-21,28-29H,10-11,27H2,1H3,(H,31,32)/t13?,19-,20?,21-,30?/m1/s1. The van der Waals surface area contributed by atoms with Crippen LogP contribution in [0.25, 0.3) is 10.9 Å². The molecule has 4 rings (SSSR count). The lowest BCUT2D eigenvalue weighted by atomic mass is 9.92. The summed E-state index contributed by atoms with van der Waals surface area (Å²) < 4.78 is 40.0. The molecule has 2 aromatic carbocycles. The summed E-state index contributed by atoms with van der Waals surface area (Å²) in [6.45, 7) is 1.69. The van der Waals surface area contributed by atoms with E-state index in [4.69, 9.17) is 5.73 Å². The minimum absolute atomic E-state index is 0.174. The molecule has 5 N–H and O–H groups in total. The van der Waals surface area contributed by atoms with Crippen LogP contribution >= 0.6 is 0 Å². The Kier molecular flexibility index (Phi) is 5.98. The van der Waals surface area contributed by atoms with Gasteiger partial charge in [0.2, 0.25) is 0 Å². The molecule has 1 fully saturated rings. The van der Waals surface area contributed by atoms with E-state index in [0.717, 1.165) is 22.5 Å². The molecule has 32 heavy (non-hydrogen) atoms. The second-order valence-electron chi connectivity index (χ2n) is 8.28. The topological polar surface area (TPSA) is 94.1 Å². The number of para-hydroxylation sites is 1. The van der Waals surface area contributed by atoms with E-state index in [9.17, 15) is 23.1 Å². The summed E-state index contributed by atoms with van der Waals surface area (Å²) in [5, 5.41) is 12.2. The number of H-pyrrole nitrogens is 1. The molecule has 5 atom stereocenters. The van der Waals surface area contributed by atoms with Crippen molar-refractivity contribution in [2.24, 2.45) is 5.73 Å². The number of halogens is 3. The van der Waals surface area contributed by atoms with Crippen LogP contribution in [0.3, 0.4) is 0 Å². The number of carboxylic acid groups (broad SMARTS) is 1. The van der Waals surface area contributed by atoms with Crippen molar-refractivity contribution in [2.45, 2.75) is 50.1 Å². The zero-order chi connectivity index (χ0) is 23.0. The fraction of sp³-hybridized carbons (Fsp3) is 0.348. The summed E-state index contributed by atoms with van der Waals surface area (Å²) in [5.74, 6) is -1.43. The molecule has 1 saturated heterocycles. The average Bonchev–Trinajstić information content (AvgIpc) is 3.25. The summed E-state index contributed by atoms with van der Waals surface area (Å²) in [5.41, 5.74) is 10.6. The van der Waals surface area contributed by atoms with Gasteiger partial charge < -0.3 is 15.8 Å². The van der Waals surface area contributed by atoms with Gasteiger partial charge in [-0.2, -0.15) is 13.2 Å². The van der Waals surface area contributed by atoms with Crippen molar-refractivity contribution >= 4 is 16.9 Å². The molecule has 1 aromatic heterocycles. The highest BCUT2D eigenvalue weighted by Gasteiger charge is 2.53. The maximum absolute atomic E-state index is 13.3. The molecule has 0 radical (unpaired) electrons. The minimum Gasteiger partial charge on any atom is -0.480 e. The summed E-state index contributed by atoms with van der Waals surface area (Å²) in [6, 6.07) is 12.2. The number of nitrogens with zero attached hydrogens (tertiary/aromatic N) is 1. The van der Waals surface area contributed by atoms with Crippen molar-refractivity contribution in [1.29, 1.82) is 0 Å². The third-order valence-electron chi connectivity index (χ3n) is 6.01. The minimum atomic E-state index is -4.44. The highest BCUT2D eigenvalue weighted by molar-refractivity contribution is 5.84. The summed E-state index contributed by atoms with van der Waals surface area (Å²) in [4.78, 5) is 14.9. The van der Waals surface area contributed by atoms with Crippen LogP contribution in [0.1, 0.15) is 36.0 Å². The molecular weight excluding hydrogens is 421 g/mol. The van der Waals surface area contributed by atoms with Crippen molar-refractivity contribution in [1.82, 2.24) is 15.4 Å². The largest absolute Gasteiger partial charge is 0.480 e. The van der Waals surface area contributed by atoms with Crippen molar-refractivity contribution in [3.8, 4) is 0 Å². The molecule has 1 aliphatic rings. The first-order valence-electron chi connectivity index (χ1n) is 10.4. The van der Waals surface area contributed by atoms with Crippen LogP contribution in [0.15, 0.2) is 54.7 Å². The van der Waals surface area contributed by atoms with E-state index in [1.165, 1.54) is 12.1 Å². The Morgan fingerprint density at radius 3 is 2.62 bits per heavy atom. The number of fused-ring (bicyclic) bond motifs is 1. The lowest BCUT2D eigenvalue weighted by Crippen LogP contribution is -2.43. The number of hydrogen-bond donors (Lipinski definition) is 4. The van der Waals surface area contributed by atoms with Crippen molar-refractivity contribution in [3.63, 3.8) is 0 Å². The number of hydrogen-bond acceptors (Lipinski definition) is 4. The van der Waals surface area contributed by atoms with E-state index in [0.29, 0.717) is 6.42 Å². The summed E-state index contributed by atoms with van der Waals surface area (Å²) in [6.07, 6.45) is -2.54. The van der Waals surface area contributed by atoms with Crippen LogP contribution in [0.5, 0.6) is 0 Å². The number of nitrogens with two attached hydrogens (primary N) is 1.